The number of aromatic nitrogens is 2. The third-order valence-electron chi connectivity index (χ3n) is 4.64. The first kappa shape index (κ1) is 14.9. The molecule has 6 heteroatoms. The Labute approximate surface area is 126 Å². The summed E-state index contributed by atoms with van der Waals surface area (Å²) in [6.07, 6.45) is 4.55. The summed E-state index contributed by atoms with van der Waals surface area (Å²) in [5.74, 6) is 1.15. The molecule has 0 saturated carbocycles. The number of nitrogens with one attached hydrogen (secondary N) is 1. The molecule has 116 valence electrons. The summed E-state index contributed by atoms with van der Waals surface area (Å²) >= 11 is 0. The van der Waals surface area contributed by atoms with Crippen LogP contribution in [0.25, 0.3) is 0 Å². The van der Waals surface area contributed by atoms with Gasteiger partial charge in [-0.25, -0.2) is 18.4 Å². The second-order valence-corrected chi connectivity index (χ2v) is 9.35. The molecule has 0 bridgehead atoms. The topological polar surface area (TPSA) is 72.0 Å². The minimum absolute atomic E-state index is 0.0293. The van der Waals surface area contributed by atoms with E-state index in [0.29, 0.717) is 12.2 Å². The van der Waals surface area contributed by atoms with Gasteiger partial charge in [0.1, 0.15) is 5.82 Å². The summed E-state index contributed by atoms with van der Waals surface area (Å²) in [6.45, 7) is 4.50. The lowest BCUT2D eigenvalue weighted by molar-refractivity contribution is 0.259. The van der Waals surface area contributed by atoms with Gasteiger partial charge in [0, 0.05) is 29.4 Å². The predicted octanol–water partition coefficient (Wildman–Crippen LogP) is 1.61. The summed E-state index contributed by atoms with van der Waals surface area (Å²) in [4.78, 5) is 9.21. The molecule has 1 aliphatic carbocycles. The molecule has 0 aromatic carbocycles. The Morgan fingerprint density at radius 2 is 2.14 bits per heavy atom. The van der Waals surface area contributed by atoms with E-state index in [9.17, 15) is 8.42 Å². The first-order valence-electron chi connectivity index (χ1n) is 7.53. The number of hydrogen-bond donors (Lipinski definition) is 1. The highest BCUT2D eigenvalue weighted by atomic mass is 32.2. The second kappa shape index (κ2) is 5.02. The Balaban J connectivity index is 1.94. The molecular formula is C15H23N3O2S. The molecule has 1 saturated heterocycles. The van der Waals surface area contributed by atoms with Gasteiger partial charge >= 0.3 is 0 Å². The Morgan fingerprint density at radius 3 is 2.76 bits per heavy atom. The van der Waals surface area contributed by atoms with Crippen molar-refractivity contribution in [1.82, 2.24) is 15.3 Å². The highest BCUT2D eigenvalue weighted by Crippen LogP contribution is 2.40. The molecule has 1 N–H and O–H groups in total. The highest BCUT2D eigenvalue weighted by Gasteiger charge is 2.35. The van der Waals surface area contributed by atoms with Crippen molar-refractivity contribution >= 4 is 9.84 Å². The van der Waals surface area contributed by atoms with Crippen LogP contribution in [0.5, 0.6) is 0 Å². The van der Waals surface area contributed by atoms with Crippen LogP contribution < -0.4 is 5.32 Å². The van der Waals surface area contributed by atoms with Crippen LogP contribution in [0.3, 0.4) is 0 Å². The van der Waals surface area contributed by atoms with Gasteiger partial charge in [0.25, 0.3) is 0 Å². The number of rotatable bonds is 2. The van der Waals surface area contributed by atoms with Crippen LogP contribution in [0.1, 0.15) is 55.7 Å². The summed E-state index contributed by atoms with van der Waals surface area (Å²) in [5.41, 5.74) is 2.45. The quantitative estimate of drug-likeness (QED) is 0.898. The van der Waals surface area contributed by atoms with Gasteiger partial charge in [-0.15, -0.1) is 0 Å². The van der Waals surface area contributed by atoms with Gasteiger partial charge < -0.3 is 5.32 Å². The molecule has 5 nitrogen and oxygen atoms in total. The average molecular weight is 309 g/mol. The number of nitrogens with zero attached hydrogens (tertiary/aromatic N) is 2. The van der Waals surface area contributed by atoms with Crippen LogP contribution in [-0.4, -0.2) is 36.9 Å². The molecule has 21 heavy (non-hydrogen) atoms. The largest absolute Gasteiger partial charge is 0.313 e. The molecule has 1 aromatic rings. The van der Waals surface area contributed by atoms with E-state index in [1.54, 1.807) is 0 Å². The molecule has 2 aliphatic rings. The Bertz CT molecular complexity index is 655. The first-order chi connectivity index (χ1) is 9.80. The standard InChI is InChI=1S/C15H23N3O2S/c1-15(2)6-12(16-3)11-8-17-14(18-13(11)7-15)10-4-5-21(19,20)9-10/h8,10,12,16H,4-7,9H2,1-3H3. The summed E-state index contributed by atoms with van der Waals surface area (Å²) in [5, 5.41) is 3.34. The molecular weight excluding hydrogens is 286 g/mol. The normalized spacial score (nSPS) is 30.0. The minimum Gasteiger partial charge on any atom is -0.313 e. The van der Waals surface area contributed by atoms with Gasteiger partial charge in [-0.2, -0.15) is 0 Å². The zero-order valence-electron chi connectivity index (χ0n) is 12.9. The van der Waals surface area contributed by atoms with Crippen LogP contribution in [0.4, 0.5) is 0 Å². The maximum atomic E-state index is 11.6. The summed E-state index contributed by atoms with van der Waals surface area (Å²) in [7, 11) is -0.930. The fourth-order valence-electron chi connectivity index (χ4n) is 3.52. The van der Waals surface area contributed by atoms with Crippen molar-refractivity contribution in [3.05, 3.63) is 23.3 Å². The van der Waals surface area contributed by atoms with Gasteiger partial charge in [0.05, 0.1) is 11.5 Å². The second-order valence-electron chi connectivity index (χ2n) is 7.12. The molecule has 1 fully saturated rings. The Kier molecular flexibility index (Phi) is 3.56. The molecule has 0 radical (unpaired) electrons. The molecule has 1 aromatic heterocycles. The third-order valence-corrected chi connectivity index (χ3v) is 6.41. The minimum atomic E-state index is -2.90. The van der Waals surface area contributed by atoms with Crippen molar-refractivity contribution < 1.29 is 8.42 Å². The monoisotopic (exact) mass is 309 g/mol. The van der Waals surface area contributed by atoms with Gasteiger partial charge in [0.2, 0.25) is 0 Å². The third kappa shape index (κ3) is 2.97. The van der Waals surface area contributed by atoms with E-state index in [1.165, 1.54) is 5.56 Å². The average Bonchev–Trinajstić information content (AvgIpc) is 2.76. The van der Waals surface area contributed by atoms with Crippen LogP contribution in [0.15, 0.2) is 6.20 Å². The smallest absolute Gasteiger partial charge is 0.151 e. The molecule has 2 unspecified atom stereocenters. The van der Waals surface area contributed by atoms with Crippen LogP contribution in [-0.2, 0) is 16.3 Å². The highest BCUT2D eigenvalue weighted by molar-refractivity contribution is 7.91. The SMILES string of the molecule is CNC1CC(C)(C)Cc2nc(C3CCS(=O)(=O)C3)ncc21. The maximum Gasteiger partial charge on any atom is 0.151 e. The lowest BCUT2D eigenvalue weighted by Crippen LogP contribution is -2.33. The first-order valence-corrected chi connectivity index (χ1v) is 9.35. The molecule has 2 heterocycles. The van der Waals surface area contributed by atoms with Crippen molar-refractivity contribution in [3.8, 4) is 0 Å². The van der Waals surface area contributed by atoms with E-state index in [4.69, 9.17) is 4.98 Å². The maximum absolute atomic E-state index is 11.6. The molecule has 0 amide bonds. The number of hydrogen-bond acceptors (Lipinski definition) is 5. The summed E-state index contributed by atoms with van der Waals surface area (Å²) in [6, 6.07) is 0.283. The fourth-order valence-corrected chi connectivity index (χ4v) is 5.25. The van der Waals surface area contributed by atoms with Crippen molar-refractivity contribution in [2.75, 3.05) is 18.6 Å². The van der Waals surface area contributed by atoms with Crippen LogP contribution in [0.2, 0.25) is 0 Å². The van der Waals surface area contributed by atoms with Crippen molar-refractivity contribution in [2.45, 2.75) is 45.1 Å². The predicted molar refractivity (Wildman–Crippen MR) is 81.9 cm³/mol. The zero-order chi connectivity index (χ0) is 15.3. The van der Waals surface area contributed by atoms with Crippen LogP contribution >= 0.6 is 0 Å². The van der Waals surface area contributed by atoms with E-state index >= 15 is 0 Å². The number of fused-ring (bicyclic) bond motifs is 1. The Hall–Kier alpha value is -1.01. The molecule has 3 rings (SSSR count). The lowest BCUT2D eigenvalue weighted by atomic mass is 9.74. The van der Waals surface area contributed by atoms with Gasteiger partial charge in [-0.1, -0.05) is 13.8 Å². The zero-order valence-corrected chi connectivity index (χ0v) is 13.7. The van der Waals surface area contributed by atoms with E-state index in [0.717, 1.165) is 18.5 Å². The van der Waals surface area contributed by atoms with Crippen LogP contribution in [0, 0.1) is 5.41 Å². The van der Waals surface area contributed by atoms with Gasteiger partial charge in [-0.05, 0) is 31.7 Å². The van der Waals surface area contributed by atoms with Gasteiger partial charge in [-0.3, -0.25) is 0 Å². The number of sulfone groups is 1. The van der Waals surface area contributed by atoms with Gasteiger partial charge in [0.15, 0.2) is 9.84 Å². The van der Waals surface area contributed by atoms with Crippen molar-refractivity contribution in [2.24, 2.45) is 5.41 Å². The fraction of sp³-hybridized carbons (Fsp3) is 0.733. The molecule has 2 atom stereocenters. The van der Waals surface area contributed by atoms with E-state index < -0.39 is 9.84 Å². The van der Waals surface area contributed by atoms with E-state index in [1.807, 2.05) is 13.2 Å². The van der Waals surface area contributed by atoms with E-state index in [-0.39, 0.29) is 28.9 Å². The summed E-state index contributed by atoms with van der Waals surface area (Å²) < 4.78 is 23.3. The molecule has 0 spiro atoms. The lowest BCUT2D eigenvalue weighted by Gasteiger charge is -2.36. The van der Waals surface area contributed by atoms with Crippen molar-refractivity contribution in [3.63, 3.8) is 0 Å². The van der Waals surface area contributed by atoms with E-state index in [2.05, 4.69) is 24.1 Å². The Morgan fingerprint density at radius 1 is 1.38 bits per heavy atom. The van der Waals surface area contributed by atoms with Crippen molar-refractivity contribution in [1.29, 1.82) is 0 Å². The molecule has 1 aliphatic heterocycles.